The summed E-state index contributed by atoms with van der Waals surface area (Å²) in [4.78, 5) is 13.2. The standard InChI is InChI=1S/C9H16N2O/c1-2-3-4-9(12)11-6-5-8(10)7-11/h2,8H,1,3-7,10H2. The summed E-state index contributed by atoms with van der Waals surface area (Å²) in [6.45, 7) is 5.14. The third-order valence-electron chi connectivity index (χ3n) is 2.14. The van der Waals surface area contributed by atoms with Crippen molar-refractivity contribution in [3.8, 4) is 0 Å². The van der Waals surface area contributed by atoms with Crippen molar-refractivity contribution in [3.63, 3.8) is 0 Å². The van der Waals surface area contributed by atoms with Crippen LogP contribution in [0.5, 0.6) is 0 Å². The van der Waals surface area contributed by atoms with Crippen LogP contribution in [-0.2, 0) is 4.79 Å². The van der Waals surface area contributed by atoms with Gasteiger partial charge in [0.05, 0.1) is 0 Å². The molecule has 0 aliphatic carbocycles. The topological polar surface area (TPSA) is 46.3 Å². The second kappa shape index (κ2) is 4.26. The first-order valence-electron chi connectivity index (χ1n) is 4.38. The number of hydrogen-bond donors (Lipinski definition) is 1. The van der Waals surface area contributed by atoms with E-state index in [2.05, 4.69) is 6.58 Å². The number of rotatable bonds is 3. The van der Waals surface area contributed by atoms with Crippen molar-refractivity contribution in [1.29, 1.82) is 0 Å². The molecule has 0 aromatic carbocycles. The van der Waals surface area contributed by atoms with E-state index in [4.69, 9.17) is 5.73 Å². The molecule has 1 unspecified atom stereocenters. The number of carbonyl (C=O) groups is 1. The van der Waals surface area contributed by atoms with Crippen molar-refractivity contribution in [1.82, 2.24) is 4.90 Å². The van der Waals surface area contributed by atoms with E-state index >= 15 is 0 Å². The second-order valence-corrected chi connectivity index (χ2v) is 3.22. The summed E-state index contributed by atoms with van der Waals surface area (Å²) in [6.07, 6.45) is 4.06. The van der Waals surface area contributed by atoms with Gasteiger partial charge in [0.1, 0.15) is 0 Å². The maximum Gasteiger partial charge on any atom is 0.222 e. The smallest absolute Gasteiger partial charge is 0.222 e. The molecule has 1 aliphatic rings. The molecule has 0 spiro atoms. The number of hydrogen-bond acceptors (Lipinski definition) is 2. The molecule has 1 heterocycles. The van der Waals surface area contributed by atoms with E-state index < -0.39 is 0 Å². The van der Waals surface area contributed by atoms with Crippen molar-refractivity contribution < 1.29 is 4.79 Å². The SMILES string of the molecule is C=CCCC(=O)N1CCC(N)C1. The Hall–Kier alpha value is -0.830. The van der Waals surface area contributed by atoms with Gasteiger partial charge in [-0.25, -0.2) is 0 Å². The fourth-order valence-electron chi connectivity index (χ4n) is 1.40. The Kier molecular flexibility index (Phi) is 3.29. The highest BCUT2D eigenvalue weighted by Crippen LogP contribution is 2.09. The Bertz CT molecular complexity index is 179. The first kappa shape index (κ1) is 9.26. The molecule has 1 rings (SSSR count). The van der Waals surface area contributed by atoms with Gasteiger partial charge < -0.3 is 10.6 Å². The van der Waals surface area contributed by atoms with Gasteiger partial charge in [0.15, 0.2) is 0 Å². The first-order valence-corrected chi connectivity index (χ1v) is 4.38. The second-order valence-electron chi connectivity index (χ2n) is 3.22. The molecule has 0 radical (unpaired) electrons. The Morgan fingerprint density at radius 2 is 2.50 bits per heavy atom. The van der Waals surface area contributed by atoms with Crippen LogP contribution in [0.2, 0.25) is 0 Å². The molecule has 0 saturated carbocycles. The van der Waals surface area contributed by atoms with Gasteiger partial charge in [0.2, 0.25) is 5.91 Å². The van der Waals surface area contributed by atoms with Crippen LogP contribution in [0.25, 0.3) is 0 Å². The summed E-state index contributed by atoms with van der Waals surface area (Å²) in [7, 11) is 0. The van der Waals surface area contributed by atoms with Crippen molar-refractivity contribution in [3.05, 3.63) is 12.7 Å². The minimum atomic E-state index is 0.192. The van der Waals surface area contributed by atoms with E-state index in [1.54, 1.807) is 6.08 Å². The Labute approximate surface area is 73.2 Å². The molecule has 0 aromatic heterocycles. The third-order valence-corrected chi connectivity index (χ3v) is 2.14. The van der Waals surface area contributed by atoms with Crippen molar-refractivity contribution >= 4 is 5.91 Å². The lowest BCUT2D eigenvalue weighted by molar-refractivity contribution is -0.130. The average Bonchev–Trinajstić information content (AvgIpc) is 2.47. The third kappa shape index (κ3) is 2.34. The predicted octanol–water partition coefficient (Wildman–Crippen LogP) is 0.512. The maximum absolute atomic E-state index is 11.4. The minimum absolute atomic E-state index is 0.192. The summed E-state index contributed by atoms with van der Waals surface area (Å²) in [6, 6.07) is 0.192. The largest absolute Gasteiger partial charge is 0.341 e. The summed E-state index contributed by atoms with van der Waals surface area (Å²) in [5, 5.41) is 0. The number of nitrogens with zero attached hydrogens (tertiary/aromatic N) is 1. The Balaban J connectivity index is 2.28. The fraction of sp³-hybridized carbons (Fsp3) is 0.667. The highest BCUT2D eigenvalue weighted by molar-refractivity contribution is 5.76. The van der Waals surface area contributed by atoms with Crippen LogP contribution in [0.3, 0.4) is 0 Å². The van der Waals surface area contributed by atoms with Crippen LogP contribution < -0.4 is 5.73 Å². The lowest BCUT2D eigenvalue weighted by Crippen LogP contribution is -2.31. The van der Waals surface area contributed by atoms with Gasteiger partial charge in [-0.1, -0.05) is 6.08 Å². The van der Waals surface area contributed by atoms with Gasteiger partial charge in [-0.05, 0) is 12.8 Å². The number of amides is 1. The Morgan fingerprint density at radius 1 is 1.75 bits per heavy atom. The molecule has 0 bridgehead atoms. The van der Waals surface area contributed by atoms with Gasteiger partial charge in [0, 0.05) is 25.6 Å². The molecule has 1 aliphatic heterocycles. The molecule has 1 saturated heterocycles. The minimum Gasteiger partial charge on any atom is -0.341 e. The van der Waals surface area contributed by atoms with E-state index in [9.17, 15) is 4.79 Å². The lowest BCUT2D eigenvalue weighted by Gasteiger charge is -2.14. The number of carbonyl (C=O) groups excluding carboxylic acids is 1. The van der Waals surface area contributed by atoms with Crippen LogP contribution in [-0.4, -0.2) is 29.9 Å². The van der Waals surface area contributed by atoms with Crippen molar-refractivity contribution in [2.45, 2.75) is 25.3 Å². The molecular weight excluding hydrogens is 152 g/mol. The van der Waals surface area contributed by atoms with E-state index in [1.807, 2.05) is 4.90 Å². The fourth-order valence-corrected chi connectivity index (χ4v) is 1.40. The molecule has 1 atom stereocenters. The number of likely N-dealkylation sites (tertiary alicyclic amines) is 1. The molecule has 3 heteroatoms. The molecule has 68 valence electrons. The number of allylic oxidation sites excluding steroid dienone is 1. The first-order chi connectivity index (χ1) is 5.74. The van der Waals surface area contributed by atoms with E-state index in [1.165, 1.54) is 0 Å². The van der Waals surface area contributed by atoms with Gasteiger partial charge in [-0.2, -0.15) is 0 Å². The molecule has 2 N–H and O–H groups in total. The van der Waals surface area contributed by atoms with E-state index in [0.29, 0.717) is 6.42 Å². The van der Waals surface area contributed by atoms with E-state index in [-0.39, 0.29) is 11.9 Å². The van der Waals surface area contributed by atoms with Gasteiger partial charge >= 0.3 is 0 Å². The molecule has 0 aromatic rings. The summed E-state index contributed by atoms with van der Waals surface area (Å²) >= 11 is 0. The predicted molar refractivity (Wildman–Crippen MR) is 48.6 cm³/mol. The normalized spacial score (nSPS) is 22.8. The quantitative estimate of drug-likeness (QED) is 0.624. The van der Waals surface area contributed by atoms with Gasteiger partial charge in [0.25, 0.3) is 0 Å². The zero-order chi connectivity index (χ0) is 8.97. The van der Waals surface area contributed by atoms with Gasteiger partial charge in [-0.15, -0.1) is 6.58 Å². The van der Waals surface area contributed by atoms with Crippen LogP contribution in [0, 0.1) is 0 Å². The molecule has 3 nitrogen and oxygen atoms in total. The van der Waals surface area contributed by atoms with Crippen LogP contribution >= 0.6 is 0 Å². The lowest BCUT2D eigenvalue weighted by atomic mass is 10.3. The average molecular weight is 168 g/mol. The van der Waals surface area contributed by atoms with Crippen LogP contribution in [0.1, 0.15) is 19.3 Å². The molecule has 1 fully saturated rings. The molecule has 1 amide bonds. The van der Waals surface area contributed by atoms with Crippen molar-refractivity contribution in [2.24, 2.45) is 5.73 Å². The summed E-state index contributed by atoms with van der Waals surface area (Å²) < 4.78 is 0. The van der Waals surface area contributed by atoms with Crippen LogP contribution in [0.4, 0.5) is 0 Å². The molecular formula is C9H16N2O. The zero-order valence-corrected chi connectivity index (χ0v) is 7.33. The van der Waals surface area contributed by atoms with Crippen LogP contribution in [0.15, 0.2) is 12.7 Å². The monoisotopic (exact) mass is 168 g/mol. The van der Waals surface area contributed by atoms with Gasteiger partial charge in [-0.3, -0.25) is 4.79 Å². The highest BCUT2D eigenvalue weighted by Gasteiger charge is 2.22. The Morgan fingerprint density at radius 3 is 3.00 bits per heavy atom. The highest BCUT2D eigenvalue weighted by atomic mass is 16.2. The summed E-state index contributed by atoms with van der Waals surface area (Å²) in [5.41, 5.74) is 5.68. The maximum atomic E-state index is 11.4. The van der Waals surface area contributed by atoms with Crippen molar-refractivity contribution in [2.75, 3.05) is 13.1 Å². The summed E-state index contributed by atoms with van der Waals surface area (Å²) in [5.74, 6) is 0.211. The number of nitrogens with two attached hydrogens (primary N) is 1. The molecule has 12 heavy (non-hydrogen) atoms. The zero-order valence-electron chi connectivity index (χ0n) is 7.33. The van der Waals surface area contributed by atoms with E-state index in [0.717, 1.165) is 25.9 Å².